The van der Waals surface area contributed by atoms with Crippen molar-refractivity contribution in [1.29, 1.82) is 0 Å². The number of alkyl halides is 3. The number of fused-ring (bicyclic) bond motifs is 1. The molecule has 1 aromatic rings. The van der Waals surface area contributed by atoms with Gasteiger partial charge in [0.2, 0.25) is 0 Å². The molecule has 0 spiro atoms. The van der Waals surface area contributed by atoms with Crippen LogP contribution in [0.15, 0.2) is 6.07 Å². The van der Waals surface area contributed by atoms with Gasteiger partial charge in [-0.3, -0.25) is 4.68 Å². The Morgan fingerprint density at radius 3 is 2.21 bits per heavy atom. The van der Waals surface area contributed by atoms with E-state index >= 15 is 0 Å². The van der Waals surface area contributed by atoms with E-state index in [0.717, 1.165) is 17.5 Å². The Kier molecular flexibility index (Phi) is 3.96. The minimum atomic E-state index is -4.03. The van der Waals surface area contributed by atoms with Crippen molar-refractivity contribution >= 4 is 0 Å². The average molecular weight is 340 g/mol. The topological polar surface area (TPSA) is 17.8 Å². The Morgan fingerprint density at radius 1 is 1.04 bits per heavy atom. The van der Waals surface area contributed by atoms with Gasteiger partial charge in [0.25, 0.3) is 0 Å². The minimum Gasteiger partial charge on any atom is -0.267 e. The molecule has 0 aliphatic heterocycles. The van der Waals surface area contributed by atoms with E-state index in [0.29, 0.717) is 24.8 Å². The molecule has 0 radical (unpaired) electrons. The van der Waals surface area contributed by atoms with Crippen molar-refractivity contribution in [2.75, 3.05) is 0 Å². The molecule has 0 saturated heterocycles. The number of halogens is 3. The Balaban J connectivity index is 1.50. The predicted molar refractivity (Wildman–Crippen MR) is 86.9 cm³/mol. The maximum Gasteiger partial charge on any atom is 0.391 e. The summed E-state index contributed by atoms with van der Waals surface area (Å²) in [5.74, 6) is 1.44. The molecule has 1 heterocycles. The average Bonchev–Trinajstić information content (AvgIpc) is 2.94. The van der Waals surface area contributed by atoms with Gasteiger partial charge in [-0.25, -0.2) is 0 Å². The van der Waals surface area contributed by atoms with Crippen LogP contribution in [-0.2, 0) is 0 Å². The monoisotopic (exact) mass is 340 g/mol. The third-order valence-electron chi connectivity index (χ3n) is 6.63. The van der Waals surface area contributed by atoms with Crippen LogP contribution in [0.5, 0.6) is 0 Å². The lowest BCUT2D eigenvalue weighted by atomic mass is 9.80. The molecule has 3 aliphatic carbocycles. The van der Waals surface area contributed by atoms with Crippen molar-refractivity contribution in [2.45, 2.75) is 82.8 Å². The summed E-state index contributed by atoms with van der Waals surface area (Å²) in [5.41, 5.74) is 2.40. The second-order valence-corrected chi connectivity index (χ2v) is 8.41. The molecule has 0 N–H and O–H groups in total. The number of aromatic nitrogens is 2. The van der Waals surface area contributed by atoms with E-state index in [1.165, 1.54) is 25.0 Å². The molecule has 0 bridgehead atoms. The van der Waals surface area contributed by atoms with Gasteiger partial charge < -0.3 is 0 Å². The van der Waals surface area contributed by atoms with Gasteiger partial charge in [-0.15, -0.1) is 0 Å². The number of hydrogen-bond donors (Lipinski definition) is 0. The third kappa shape index (κ3) is 2.78. The molecular weight excluding hydrogens is 313 g/mol. The summed E-state index contributed by atoms with van der Waals surface area (Å²) in [6.45, 7) is 4.30. The van der Waals surface area contributed by atoms with Gasteiger partial charge in [0, 0.05) is 23.6 Å². The van der Waals surface area contributed by atoms with Gasteiger partial charge >= 0.3 is 6.18 Å². The van der Waals surface area contributed by atoms with Crippen molar-refractivity contribution < 1.29 is 13.2 Å². The molecular formula is C19H27F3N2. The molecule has 1 unspecified atom stereocenters. The van der Waals surface area contributed by atoms with E-state index in [1.54, 1.807) is 0 Å². The van der Waals surface area contributed by atoms with Crippen molar-refractivity contribution in [1.82, 2.24) is 9.78 Å². The van der Waals surface area contributed by atoms with Crippen LogP contribution in [0.2, 0.25) is 0 Å². The van der Waals surface area contributed by atoms with Crippen molar-refractivity contribution in [3.8, 4) is 0 Å². The first kappa shape index (κ1) is 16.5. The van der Waals surface area contributed by atoms with Crippen LogP contribution in [0.25, 0.3) is 0 Å². The maximum absolute atomic E-state index is 12.9. The first-order chi connectivity index (χ1) is 11.4. The molecule has 134 valence electrons. The number of hydrogen-bond acceptors (Lipinski definition) is 1. The summed E-state index contributed by atoms with van der Waals surface area (Å²) in [6.07, 6.45) is 1.76. The summed E-state index contributed by atoms with van der Waals surface area (Å²) in [4.78, 5) is 0. The fourth-order valence-electron chi connectivity index (χ4n) is 5.27. The van der Waals surface area contributed by atoms with E-state index in [2.05, 4.69) is 24.6 Å². The smallest absolute Gasteiger partial charge is 0.267 e. The minimum absolute atomic E-state index is 0.209. The molecule has 4 rings (SSSR count). The lowest BCUT2D eigenvalue weighted by Gasteiger charge is -2.28. The lowest BCUT2D eigenvalue weighted by Crippen LogP contribution is -2.27. The zero-order valence-electron chi connectivity index (χ0n) is 14.5. The molecule has 3 atom stereocenters. The second kappa shape index (κ2) is 5.77. The fraction of sp³-hybridized carbons (Fsp3) is 0.842. The summed E-state index contributed by atoms with van der Waals surface area (Å²) < 4.78 is 40.8. The first-order valence-electron chi connectivity index (χ1n) is 9.52. The van der Waals surface area contributed by atoms with Gasteiger partial charge in [0.1, 0.15) is 0 Å². The Morgan fingerprint density at radius 2 is 1.67 bits per heavy atom. The molecule has 0 amide bonds. The quantitative estimate of drug-likeness (QED) is 0.678. The Hall–Kier alpha value is -1.00. The van der Waals surface area contributed by atoms with E-state index in [9.17, 15) is 13.2 Å². The Bertz CT molecular complexity index is 586. The number of rotatable bonds is 3. The fourth-order valence-corrected chi connectivity index (χ4v) is 5.27. The highest BCUT2D eigenvalue weighted by Crippen LogP contribution is 2.63. The van der Waals surface area contributed by atoms with Crippen LogP contribution in [0, 0.1) is 17.8 Å². The van der Waals surface area contributed by atoms with Crippen LogP contribution in [-0.4, -0.2) is 16.0 Å². The summed E-state index contributed by atoms with van der Waals surface area (Å²) in [5, 5.41) is 4.84. The first-order valence-corrected chi connectivity index (χ1v) is 9.52. The summed E-state index contributed by atoms with van der Waals surface area (Å²) >= 11 is 0. The van der Waals surface area contributed by atoms with E-state index in [1.807, 2.05) is 0 Å². The normalized spacial score (nSPS) is 36.2. The molecule has 5 heteroatoms. The van der Waals surface area contributed by atoms with Crippen LogP contribution < -0.4 is 0 Å². The molecule has 3 aliphatic rings. The highest BCUT2D eigenvalue weighted by atomic mass is 19.4. The highest BCUT2D eigenvalue weighted by molar-refractivity contribution is 5.28. The molecule has 2 nitrogen and oxygen atoms in total. The molecule has 24 heavy (non-hydrogen) atoms. The second-order valence-electron chi connectivity index (χ2n) is 8.41. The maximum atomic E-state index is 12.9. The van der Waals surface area contributed by atoms with Crippen LogP contribution in [0.1, 0.15) is 88.1 Å². The van der Waals surface area contributed by atoms with Gasteiger partial charge in [-0.1, -0.05) is 6.42 Å². The number of nitrogens with zero attached hydrogens (tertiary/aromatic N) is 2. The Labute approximate surface area is 141 Å². The standard InChI is InChI=1S/C19H27F3N2/c1-11(2)24-17(18-14-4-3-5-15(14)18)10-16(23-24)12-6-8-13(9-7-12)19(20,21)22/h10-15,18H,3-9H2,1-2H3/t12?,13?,14-,15+,18?. The van der Waals surface area contributed by atoms with E-state index in [4.69, 9.17) is 5.10 Å². The predicted octanol–water partition coefficient (Wildman–Crippen LogP) is 5.81. The molecule has 1 aromatic heterocycles. The van der Waals surface area contributed by atoms with Gasteiger partial charge in [0.15, 0.2) is 0 Å². The summed E-state index contributed by atoms with van der Waals surface area (Å²) in [7, 11) is 0. The lowest BCUT2D eigenvalue weighted by molar-refractivity contribution is -0.182. The molecule has 3 fully saturated rings. The largest absolute Gasteiger partial charge is 0.391 e. The van der Waals surface area contributed by atoms with Gasteiger partial charge in [-0.2, -0.15) is 18.3 Å². The highest BCUT2D eigenvalue weighted by Gasteiger charge is 2.54. The molecule has 3 saturated carbocycles. The zero-order chi connectivity index (χ0) is 17.1. The SMILES string of the molecule is CC(C)n1nc(C2CCC(C(F)(F)F)CC2)cc1C1[C@H]2CCC[C@@H]12. The van der Waals surface area contributed by atoms with E-state index < -0.39 is 12.1 Å². The van der Waals surface area contributed by atoms with Crippen LogP contribution >= 0.6 is 0 Å². The summed E-state index contributed by atoms with van der Waals surface area (Å²) in [6, 6.07) is 2.56. The zero-order valence-corrected chi connectivity index (χ0v) is 14.5. The van der Waals surface area contributed by atoms with Crippen LogP contribution in [0.4, 0.5) is 13.2 Å². The van der Waals surface area contributed by atoms with Gasteiger partial charge in [0.05, 0.1) is 11.6 Å². The van der Waals surface area contributed by atoms with Crippen molar-refractivity contribution in [3.63, 3.8) is 0 Å². The van der Waals surface area contributed by atoms with E-state index in [-0.39, 0.29) is 18.8 Å². The van der Waals surface area contributed by atoms with Gasteiger partial charge in [-0.05, 0) is 70.3 Å². The molecule has 0 aromatic carbocycles. The third-order valence-corrected chi connectivity index (χ3v) is 6.63. The van der Waals surface area contributed by atoms with Crippen LogP contribution in [0.3, 0.4) is 0 Å². The van der Waals surface area contributed by atoms with Crippen molar-refractivity contribution in [2.24, 2.45) is 17.8 Å². The van der Waals surface area contributed by atoms with Crippen molar-refractivity contribution in [3.05, 3.63) is 17.5 Å².